The summed E-state index contributed by atoms with van der Waals surface area (Å²) in [5.74, 6) is 0.0638. The largest absolute Gasteiger partial charge is 0.354 e. The molecule has 204 valence electrons. The van der Waals surface area contributed by atoms with Crippen LogP contribution in [0.2, 0.25) is 0 Å². The summed E-state index contributed by atoms with van der Waals surface area (Å²) in [5, 5.41) is 2.52. The molecule has 0 aliphatic carbocycles. The predicted molar refractivity (Wildman–Crippen MR) is 179 cm³/mol. The summed E-state index contributed by atoms with van der Waals surface area (Å²) in [5.41, 5.74) is 10.8. The molecule has 0 amide bonds. The van der Waals surface area contributed by atoms with Crippen LogP contribution in [0.4, 0.5) is 22.7 Å². The van der Waals surface area contributed by atoms with E-state index in [4.69, 9.17) is 0 Å². The number of benzene rings is 6. The zero-order chi connectivity index (χ0) is 28.5. The molecule has 3 heteroatoms. The van der Waals surface area contributed by atoms with Gasteiger partial charge in [0, 0.05) is 59.1 Å². The highest BCUT2D eigenvalue weighted by Gasteiger charge is 2.21. The van der Waals surface area contributed by atoms with Crippen LogP contribution in [0, 0.1) is 0 Å². The number of H-pyrrole nitrogens is 1. The highest BCUT2D eigenvalue weighted by atomic mass is 15.1. The van der Waals surface area contributed by atoms with Crippen LogP contribution in [-0.2, 0) is 0 Å². The van der Waals surface area contributed by atoms with Crippen LogP contribution in [0.5, 0.6) is 0 Å². The minimum Gasteiger partial charge on any atom is -0.354 e. The van der Waals surface area contributed by atoms with Crippen molar-refractivity contribution in [1.82, 2.24) is 4.98 Å². The molecule has 7 aromatic rings. The lowest BCUT2D eigenvalue weighted by Gasteiger charge is -2.24. The summed E-state index contributed by atoms with van der Waals surface area (Å²) < 4.78 is 0. The molecule has 0 aliphatic rings. The quantitative estimate of drug-likeness (QED) is 0.202. The summed E-state index contributed by atoms with van der Waals surface area (Å²) in [6.45, 7) is 0. The van der Waals surface area contributed by atoms with Gasteiger partial charge in [0.2, 0.25) is 0 Å². The van der Waals surface area contributed by atoms with Gasteiger partial charge in [-0.05, 0) is 71.3 Å². The van der Waals surface area contributed by atoms with Crippen molar-refractivity contribution in [2.24, 2.45) is 0 Å². The van der Waals surface area contributed by atoms with Crippen LogP contribution in [0.3, 0.4) is 0 Å². The van der Waals surface area contributed by atoms with Crippen molar-refractivity contribution >= 4 is 44.6 Å². The van der Waals surface area contributed by atoms with Gasteiger partial charge in [0.25, 0.3) is 0 Å². The maximum atomic E-state index is 3.75. The van der Waals surface area contributed by atoms with E-state index < -0.39 is 0 Å². The van der Waals surface area contributed by atoms with Gasteiger partial charge in [0.15, 0.2) is 0 Å². The molecule has 0 saturated carbocycles. The average molecular weight is 544 g/mol. The zero-order valence-corrected chi connectivity index (χ0v) is 23.9. The van der Waals surface area contributed by atoms with Crippen LogP contribution in [0.1, 0.15) is 22.6 Å². The fourth-order valence-electron chi connectivity index (χ4n) is 6.07. The second-order valence-electron chi connectivity index (χ2n) is 10.8. The third-order valence-electron chi connectivity index (χ3n) is 8.40. The van der Waals surface area contributed by atoms with Crippen molar-refractivity contribution in [3.63, 3.8) is 0 Å². The van der Waals surface area contributed by atoms with Gasteiger partial charge in [-0.15, -0.1) is 0 Å². The predicted octanol–water partition coefficient (Wildman–Crippen LogP) is 10.0. The lowest BCUT2D eigenvalue weighted by molar-refractivity contribution is 0.983. The van der Waals surface area contributed by atoms with E-state index in [0.29, 0.717) is 0 Å². The monoisotopic (exact) mass is 543 g/mol. The number of hydrogen-bond acceptors (Lipinski definition) is 2. The molecule has 0 fully saturated rings. The molecule has 0 unspecified atom stereocenters. The fourth-order valence-corrected chi connectivity index (χ4v) is 6.07. The third-order valence-corrected chi connectivity index (χ3v) is 8.40. The van der Waals surface area contributed by atoms with Crippen LogP contribution in [0.15, 0.2) is 152 Å². The van der Waals surface area contributed by atoms with Gasteiger partial charge in [0.1, 0.15) is 0 Å². The van der Waals surface area contributed by atoms with E-state index in [1.165, 1.54) is 49.9 Å². The van der Waals surface area contributed by atoms with Gasteiger partial charge in [0.05, 0.1) is 5.52 Å². The molecule has 0 spiro atoms. The Kier molecular flexibility index (Phi) is 6.69. The number of fused-ring (bicyclic) bond motifs is 3. The van der Waals surface area contributed by atoms with Gasteiger partial charge in [-0.2, -0.15) is 0 Å². The zero-order valence-electron chi connectivity index (χ0n) is 23.9. The van der Waals surface area contributed by atoms with E-state index in [-0.39, 0.29) is 5.92 Å². The smallest absolute Gasteiger partial charge is 0.0507 e. The standard InChI is InChI=1S/C39H33N3/c1-41(30-12-5-3-6-13-30)32-24-20-28(21-25-32)38(29-22-26-33(27-23-29)42(2)31-14-7-4-8-15-31)36-18-11-17-35-34-16-9-10-19-37(34)40-39(35)36/h3-27,38,40H,1-2H3. The first-order valence-corrected chi connectivity index (χ1v) is 14.4. The number of aromatic amines is 1. The molecule has 0 aliphatic heterocycles. The molecule has 0 bridgehead atoms. The van der Waals surface area contributed by atoms with Crippen molar-refractivity contribution in [1.29, 1.82) is 0 Å². The highest BCUT2D eigenvalue weighted by molar-refractivity contribution is 6.08. The van der Waals surface area contributed by atoms with Crippen molar-refractivity contribution < 1.29 is 0 Å². The minimum absolute atomic E-state index is 0.0638. The molecular weight excluding hydrogens is 510 g/mol. The lowest BCUT2D eigenvalue weighted by Crippen LogP contribution is -2.11. The lowest BCUT2D eigenvalue weighted by atomic mass is 9.84. The Morgan fingerprint density at radius 3 is 1.43 bits per heavy atom. The molecule has 1 heterocycles. The van der Waals surface area contributed by atoms with Crippen LogP contribution in [0.25, 0.3) is 21.8 Å². The highest BCUT2D eigenvalue weighted by Crippen LogP contribution is 2.39. The molecule has 7 rings (SSSR count). The Hall–Kier alpha value is -5.28. The average Bonchev–Trinajstić information content (AvgIpc) is 3.45. The first-order chi connectivity index (χ1) is 20.7. The SMILES string of the molecule is CN(c1ccccc1)c1ccc(C(c2ccc(N(C)c3ccccc3)cc2)c2cccc3c2[nH]c2ccccc23)cc1. The van der Waals surface area contributed by atoms with Crippen LogP contribution < -0.4 is 9.80 Å². The maximum absolute atomic E-state index is 3.75. The Morgan fingerprint density at radius 2 is 0.881 bits per heavy atom. The van der Waals surface area contributed by atoms with Crippen LogP contribution >= 0.6 is 0 Å². The van der Waals surface area contributed by atoms with Crippen molar-refractivity contribution in [2.45, 2.75) is 5.92 Å². The second kappa shape index (κ2) is 10.9. The number of rotatable bonds is 7. The van der Waals surface area contributed by atoms with Gasteiger partial charge < -0.3 is 14.8 Å². The van der Waals surface area contributed by atoms with E-state index in [1.807, 2.05) is 0 Å². The van der Waals surface area contributed by atoms with E-state index in [2.05, 4.69) is 181 Å². The summed E-state index contributed by atoms with van der Waals surface area (Å²) in [6, 6.07) is 54.3. The first-order valence-electron chi connectivity index (χ1n) is 14.4. The van der Waals surface area contributed by atoms with Crippen molar-refractivity contribution in [2.75, 3.05) is 23.9 Å². The maximum Gasteiger partial charge on any atom is 0.0507 e. The Balaban J connectivity index is 1.33. The number of hydrogen-bond donors (Lipinski definition) is 1. The molecule has 42 heavy (non-hydrogen) atoms. The first kappa shape index (κ1) is 25.7. The summed E-state index contributed by atoms with van der Waals surface area (Å²) in [6.07, 6.45) is 0. The van der Waals surface area contributed by atoms with E-state index in [1.54, 1.807) is 0 Å². The number of para-hydroxylation sites is 4. The van der Waals surface area contributed by atoms with E-state index >= 15 is 0 Å². The summed E-state index contributed by atoms with van der Waals surface area (Å²) in [4.78, 5) is 8.21. The Labute approximate surface area is 247 Å². The number of nitrogens with zero attached hydrogens (tertiary/aromatic N) is 2. The number of anilines is 4. The van der Waals surface area contributed by atoms with Gasteiger partial charge >= 0.3 is 0 Å². The number of nitrogens with one attached hydrogen (secondary N) is 1. The molecule has 6 aromatic carbocycles. The minimum atomic E-state index is 0.0638. The Bertz CT molecular complexity index is 1850. The molecule has 0 radical (unpaired) electrons. The normalized spacial score (nSPS) is 11.3. The molecular formula is C39H33N3. The van der Waals surface area contributed by atoms with Gasteiger partial charge in [-0.3, -0.25) is 0 Å². The molecule has 0 saturated heterocycles. The van der Waals surface area contributed by atoms with Gasteiger partial charge in [-0.25, -0.2) is 0 Å². The topological polar surface area (TPSA) is 22.3 Å². The van der Waals surface area contributed by atoms with Crippen LogP contribution in [-0.4, -0.2) is 19.1 Å². The second-order valence-corrected chi connectivity index (χ2v) is 10.8. The third kappa shape index (κ3) is 4.69. The van der Waals surface area contributed by atoms with Crippen molar-refractivity contribution in [3.8, 4) is 0 Å². The van der Waals surface area contributed by atoms with Crippen molar-refractivity contribution in [3.05, 3.63) is 168 Å². The number of aromatic nitrogens is 1. The van der Waals surface area contributed by atoms with E-state index in [9.17, 15) is 0 Å². The van der Waals surface area contributed by atoms with E-state index in [0.717, 1.165) is 11.4 Å². The van der Waals surface area contributed by atoms with Gasteiger partial charge in [-0.1, -0.05) is 97.1 Å². The molecule has 0 atom stereocenters. The molecule has 1 aromatic heterocycles. The fraction of sp³-hybridized carbons (Fsp3) is 0.0769. The Morgan fingerprint density at radius 1 is 0.429 bits per heavy atom. The summed E-state index contributed by atoms with van der Waals surface area (Å²) in [7, 11) is 4.24. The molecule has 1 N–H and O–H groups in total. The summed E-state index contributed by atoms with van der Waals surface area (Å²) >= 11 is 0. The molecule has 3 nitrogen and oxygen atoms in total.